The highest BCUT2D eigenvalue weighted by molar-refractivity contribution is 7.47. The number of phosphoric acid groups is 1. The van der Waals surface area contributed by atoms with E-state index >= 15 is 0 Å². The molecule has 3 atom stereocenters. The molecule has 0 aliphatic heterocycles. The maximum absolute atomic E-state index is 12.7. The summed E-state index contributed by atoms with van der Waals surface area (Å²) in [4.78, 5) is 22.8. The molecule has 3 unspecified atom stereocenters. The summed E-state index contributed by atoms with van der Waals surface area (Å²) >= 11 is 0. The van der Waals surface area contributed by atoms with Gasteiger partial charge >= 0.3 is 7.82 Å². The molecule has 0 fully saturated rings. The summed E-state index contributed by atoms with van der Waals surface area (Å²) in [6.07, 6.45) is 24.2. The number of unbranched alkanes of at least 4 members (excludes halogenated alkanes) is 18. The van der Waals surface area contributed by atoms with Crippen LogP contribution in [-0.2, 0) is 18.4 Å². The third-order valence-corrected chi connectivity index (χ3v) is 8.84. The molecule has 3 N–H and O–H groups in total. The number of amides is 1. The maximum Gasteiger partial charge on any atom is 0.472 e. The Hall–Kier alpha value is -0.500. The summed E-state index contributed by atoms with van der Waals surface area (Å²) in [5.74, 6) is -0.149. The fourth-order valence-electron chi connectivity index (χ4n) is 4.98. The highest BCUT2D eigenvalue weighted by Gasteiger charge is 2.28. The zero-order chi connectivity index (χ0) is 31.5. The second kappa shape index (κ2) is 26.9. The van der Waals surface area contributed by atoms with Gasteiger partial charge in [-0.3, -0.25) is 13.8 Å². The van der Waals surface area contributed by atoms with Crippen molar-refractivity contribution in [2.45, 2.75) is 167 Å². The van der Waals surface area contributed by atoms with Crippen molar-refractivity contribution in [3.63, 3.8) is 0 Å². The van der Waals surface area contributed by atoms with Gasteiger partial charge in [-0.2, -0.15) is 0 Å². The van der Waals surface area contributed by atoms with Gasteiger partial charge in [-0.1, -0.05) is 136 Å². The van der Waals surface area contributed by atoms with E-state index in [0.717, 1.165) is 38.5 Å². The number of likely N-dealkylation sites (N-methyl/N-ethyl adjacent to an activating group) is 1. The van der Waals surface area contributed by atoms with Crippen LogP contribution in [0.5, 0.6) is 0 Å². The van der Waals surface area contributed by atoms with Gasteiger partial charge in [-0.05, 0) is 12.8 Å². The van der Waals surface area contributed by atoms with Crippen molar-refractivity contribution in [3.8, 4) is 0 Å². The number of nitrogens with one attached hydrogen (secondary N) is 1. The van der Waals surface area contributed by atoms with Crippen molar-refractivity contribution in [2.24, 2.45) is 0 Å². The number of hydrogen-bond acceptors (Lipinski definition) is 5. The van der Waals surface area contributed by atoms with E-state index in [1.807, 2.05) is 21.1 Å². The van der Waals surface area contributed by atoms with E-state index in [9.17, 15) is 19.4 Å². The summed E-state index contributed by atoms with van der Waals surface area (Å²) in [5, 5.41) is 13.7. The van der Waals surface area contributed by atoms with Gasteiger partial charge in [-0.25, -0.2) is 4.57 Å². The minimum atomic E-state index is -4.29. The first-order valence-electron chi connectivity index (χ1n) is 17.4. The van der Waals surface area contributed by atoms with E-state index < -0.39 is 20.0 Å². The molecule has 0 saturated carbocycles. The summed E-state index contributed by atoms with van der Waals surface area (Å²) in [6.45, 7) is 4.82. The Morgan fingerprint density at radius 2 is 1.14 bits per heavy atom. The number of phosphoric ester groups is 1. The fraction of sp³-hybridized carbons (Fsp3) is 0.970. The molecule has 0 heterocycles. The van der Waals surface area contributed by atoms with Crippen LogP contribution in [0, 0.1) is 0 Å². The molecule has 0 bridgehead atoms. The van der Waals surface area contributed by atoms with Crippen molar-refractivity contribution >= 4 is 13.7 Å². The zero-order valence-corrected chi connectivity index (χ0v) is 29.1. The van der Waals surface area contributed by atoms with E-state index in [1.54, 1.807) is 0 Å². The van der Waals surface area contributed by atoms with Gasteiger partial charge in [0.1, 0.15) is 13.2 Å². The molecule has 9 heteroatoms. The number of aliphatic hydroxyl groups is 1. The Balaban J connectivity index is 4.43. The minimum absolute atomic E-state index is 0.0773. The molecule has 1 amide bonds. The SMILES string of the molecule is CCCCCCCCCCCCCCCC(=O)NC(COP(=O)(O)OCC[N+](C)(C)C)C(O)CCCCCCCCC. The number of carbonyl (C=O) groups excluding carboxylic acids is 1. The van der Waals surface area contributed by atoms with Crippen LogP contribution in [0.4, 0.5) is 0 Å². The molecular weight excluding hydrogens is 551 g/mol. The third-order valence-electron chi connectivity index (χ3n) is 7.86. The van der Waals surface area contributed by atoms with Crippen LogP contribution in [0.2, 0.25) is 0 Å². The predicted molar refractivity (Wildman–Crippen MR) is 175 cm³/mol. The van der Waals surface area contributed by atoms with Gasteiger partial charge in [0, 0.05) is 6.42 Å². The van der Waals surface area contributed by atoms with E-state index in [-0.39, 0.29) is 19.1 Å². The molecule has 0 aliphatic carbocycles. The molecule has 0 radical (unpaired) electrons. The van der Waals surface area contributed by atoms with Crippen molar-refractivity contribution in [3.05, 3.63) is 0 Å². The second-order valence-corrected chi connectivity index (χ2v) is 14.7. The molecule has 42 heavy (non-hydrogen) atoms. The summed E-state index contributed by atoms with van der Waals surface area (Å²) in [7, 11) is 1.62. The van der Waals surface area contributed by atoms with Crippen molar-refractivity contribution in [1.82, 2.24) is 5.32 Å². The Labute approximate surface area is 259 Å². The average Bonchev–Trinajstić information content (AvgIpc) is 2.92. The molecule has 8 nitrogen and oxygen atoms in total. The first kappa shape index (κ1) is 41.5. The Morgan fingerprint density at radius 1 is 0.714 bits per heavy atom. The second-order valence-electron chi connectivity index (χ2n) is 13.3. The largest absolute Gasteiger partial charge is 0.472 e. The number of hydrogen-bond donors (Lipinski definition) is 3. The van der Waals surface area contributed by atoms with Gasteiger partial charge in [0.25, 0.3) is 0 Å². The number of aliphatic hydroxyl groups excluding tert-OH is 1. The van der Waals surface area contributed by atoms with E-state index in [1.165, 1.54) is 89.9 Å². The van der Waals surface area contributed by atoms with Crippen molar-refractivity contribution in [2.75, 3.05) is 40.9 Å². The molecule has 252 valence electrons. The highest BCUT2D eigenvalue weighted by atomic mass is 31.2. The van der Waals surface area contributed by atoms with Gasteiger partial charge in [0.15, 0.2) is 0 Å². The van der Waals surface area contributed by atoms with E-state index in [2.05, 4.69) is 19.2 Å². The predicted octanol–water partition coefficient (Wildman–Crippen LogP) is 8.29. The Kier molecular flexibility index (Phi) is 26.5. The van der Waals surface area contributed by atoms with Crippen LogP contribution in [0.25, 0.3) is 0 Å². The monoisotopic (exact) mass is 621 g/mol. The standard InChI is InChI=1S/C33H69N2O6P/c1-6-8-10-12-14-15-16-17-18-19-21-23-25-27-33(37)34-31(32(36)26-24-22-20-13-11-9-7-2)30-41-42(38,39)40-29-28-35(3,4)5/h31-32,36H,6-30H2,1-5H3,(H-,34,37,38,39)/p+1. The molecule has 0 aromatic carbocycles. The number of carbonyl (C=O) groups is 1. The van der Waals surface area contributed by atoms with Crippen LogP contribution >= 0.6 is 7.82 Å². The lowest BCUT2D eigenvalue weighted by Crippen LogP contribution is -2.46. The number of nitrogens with zero attached hydrogens (tertiary/aromatic N) is 1. The topological polar surface area (TPSA) is 105 Å². The van der Waals surface area contributed by atoms with Crippen LogP contribution in [0.1, 0.15) is 155 Å². The van der Waals surface area contributed by atoms with Gasteiger partial charge < -0.3 is 19.8 Å². The molecule has 0 aliphatic rings. The molecule has 0 saturated heterocycles. The Bertz CT molecular complexity index is 673. The van der Waals surface area contributed by atoms with Crippen molar-refractivity contribution < 1.29 is 32.9 Å². The van der Waals surface area contributed by atoms with E-state index in [4.69, 9.17) is 9.05 Å². The molecule has 0 aromatic heterocycles. The molecular formula is C33H70N2O6P+. The normalized spacial score (nSPS) is 14.9. The minimum Gasteiger partial charge on any atom is -0.391 e. The first-order chi connectivity index (χ1) is 20.0. The van der Waals surface area contributed by atoms with E-state index in [0.29, 0.717) is 23.9 Å². The van der Waals surface area contributed by atoms with Crippen LogP contribution in [0.15, 0.2) is 0 Å². The van der Waals surface area contributed by atoms with Crippen LogP contribution in [-0.4, -0.2) is 73.4 Å². The Morgan fingerprint density at radius 3 is 1.60 bits per heavy atom. The van der Waals surface area contributed by atoms with Gasteiger partial charge in [0.05, 0.1) is 39.9 Å². The lowest BCUT2D eigenvalue weighted by molar-refractivity contribution is -0.870. The zero-order valence-electron chi connectivity index (χ0n) is 28.3. The lowest BCUT2D eigenvalue weighted by atomic mass is 10.0. The number of rotatable bonds is 31. The maximum atomic E-state index is 12.7. The summed E-state index contributed by atoms with van der Waals surface area (Å²) in [5.41, 5.74) is 0. The van der Waals surface area contributed by atoms with Crippen molar-refractivity contribution in [1.29, 1.82) is 0 Å². The van der Waals surface area contributed by atoms with Crippen LogP contribution < -0.4 is 5.32 Å². The fourth-order valence-corrected chi connectivity index (χ4v) is 5.72. The number of quaternary nitrogens is 1. The third kappa shape index (κ3) is 28.3. The molecule has 0 aromatic rings. The highest BCUT2D eigenvalue weighted by Crippen LogP contribution is 2.43. The summed E-state index contributed by atoms with van der Waals surface area (Å²) < 4.78 is 23.4. The average molecular weight is 622 g/mol. The quantitative estimate of drug-likeness (QED) is 0.0409. The molecule has 0 rings (SSSR count). The first-order valence-corrected chi connectivity index (χ1v) is 18.9. The summed E-state index contributed by atoms with van der Waals surface area (Å²) in [6, 6.07) is -0.748. The lowest BCUT2D eigenvalue weighted by Gasteiger charge is -2.26. The molecule has 0 spiro atoms. The van der Waals surface area contributed by atoms with Crippen LogP contribution in [0.3, 0.4) is 0 Å². The smallest absolute Gasteiger partial charge is 0.391 e. The van der Waals surface area contributed by atoms with Gasteiger partial charge in [-0.15, -0.1) is 0 Å². The van der Waals surface area contributed by atoms with Gasteiger partial charge in [0.2, 0.25) is 5.91 Å².